The summed E-state index contributed by atoms with van der Waals surface area (Å²) in [6.07, 6.45) is 0.707. The topological polar surface area (TPSA) is 69.6 Å². The normalized spacial score (nSPS) is 10.1. The average Bonchev–Trinajstić information content (AvgIpc) is 2.34. The third-order valence-electron chi connectivity index (χ3n) is 2.62. The van der Waals surface area contributed by atoms with Crippen LogP contribution in [0.2, 0.25) is 0 Å². The minimum Gasteiger partial charge on any atom is -0.480 e. The zero-order valence-corrected chi connectivity index (χ0v) is 12.5. The van der Waals surface area contributed by atoms with Crippen molar-refractivity contribution in [1.29, 1.82) is 0 Å². The van der Waals surface area contributed by atoms with Gasteiger partial charge in [0.05, 0.1) is 0 Å². The van der Waals surface area contributed by atoms with Crippen LogP contribution in [0.25, 0.3) is 0 Å². The molecule has 0 saturated carbocycles. The van der Waals surface area contributed by atoms with Gasteiger partial charge in [-0.2, -0.15) is 0 Å². The second-order valence-corrected chi connectivity index (χ2v) is 5.01. The first kappa shape index (κ1) is 15.5. The molecule has 5 nitrogen and oxygen atoms in total. The smallest absolute Gasteiger partial charge is 0.323 e. The SMILES string of the molecule is CCCN(CC(=O)O)C(=O)Nc1cccc(Br)c1C. The Morgan fingerprint density at radius 1 is 1.42 bits per heavy atom. The minimum atomic E-state index is -1.02. The summed E-state index contributed by atoms with van der Waals surface area (Å²) in [5.41, 5.74) is 1.58. The lowest BCUT2D eigenvalue weighted by atomic mass is 10.2. The zero-order chi connectivity index (χ0) is 14.4. The summed E-state index contributed by atoms with van der Waals surface area (Å²) >= 11 is 3.39. The third kappa shape index (κ3) is 4.55. The molecule has 0 aliphatic rings. The highest BCUT2D eigenvalue weighted by Gasteiger charge is 2.16. The van der Waals surface area contributed by atoms with Gasteiger partial charge in [0.25, 0.3) is 0 Å². The predicted octanol–water partition coefficient (Wildman–Crippen LogP) is 3.09. The highest BCUT2D eigenvalue weighted by Crippen LogP contribution is 2.23. The Labute approximate surface area is 120 Å². The van der Waals surface area contributed by atoms with Gasteiger partial charge < -0.3 is 15.3 Å². The van der Waals surface area contributed by atoms with Gasteiger partial charge in [-0.25, -0.2) is 4.79 Å². The molecule has 1 aromatic carbocycles. The lowest BCUT2D eigenvalue weighted by Gasteiger charge is -2.21. The number of halogens is 1. The van der Waals surface area contributed by atoms with Crippen LogP contribution in [-0.4, -0.2) is 35.1 Å². The van der Waals surface area contributed by atoms with Gasteiger partial charge in [-0.3, -0.25) is 4.79 Å². The van der Waals surface area contributed by atoms with Crippen molar-refractivity contribution >= 4 is 33.6 Å². The number of amides is 2. The Hall–Kier alpha value is -1.56. The fourth-order valence-corrected chi connectivity index (χ4v) is 1.99. The number of anilines is 1. The first-order chi connectivity index (χ1) is 8.95. The van der Waals surface area contributed by atoms with Crippen molar-refractivity contribution < 1.29 is 14.7 Å². The minimum absolute atomic E-state index is 0.299. The van der Waals surface area contributed by atoms with Crippen molar-refractivity contribution in [3.05, 3.63) is 28.2 Å². The number of nitrogens with one attached hydrogen (secondary N) is 1. The van der Waals surface area contributed by atoms with Crippen LogP contribution in [-0.2, 0) is 4.79 Å². The van der Waals surface area contributed by atoms with E-state index in [9.17, 15) is 9.59 Å². The number of carbonyl (C=O) groups is 2. The number of urea groups is 1. The summed E-state index contributed by atoms with van der Waals surface area (Å²) in [7, 11) is 0. The van der Waals surface area contributed by atoms with Gasteiger partial charge >= 0.3 is 12.0 Å². The van der Waals surface area contributed by atoms with Gasteiger partial charge in [-0.1, -0.05) is 28.9 Å². The van der Waals surface area contributed by atoms with Crippen molar-refractivity contribution in [2.45, 2.75) is 20.3 Å². The van der Waals surface area contributed by atoms with E-state index in [2.05, 4.69) is 21.2 Å². The van der Waals surface area contributed by atoms with Crippen molar-refractivity contribution in [2.24, 2.45) is 0 Å². The van der Waals surface area contributed by atoms with Gasteiger partial charge in [-0.05, 0) is 31.0 Å². The molecule has 0 heterocycles. The summed E-state index contributed by atoms with van der Waals surface area (Å²) in [5.74, 6) is -1.02. The van der Waals surface area contributed by atoms with Crippen LogP contribution in [0, 0.1) is 6.92 Å². The van der Waals surface area contributed by atoms with E-state index in [1.54, 1.807) is 6.07 Å². The average molecular weight is 329 g/mol. The highest BCUT2D eigenvalue weighted by atomic mass is 79.9. The molecule has 19 heavy (non-hydrogen) atoms. The Kier molecular flexibility index (Phi) is 5.82. The van der Waals surface area contributed by atoms with E-state index in [-0.39, 0.29) is 6.54 Å². The van der Waals surface area contributed by atoms with Crippen LogP contribution in [0.15, 0.2) is 22.7 Å². The van der Waals surface area contributed by atoms with E-state index in [0.717, 1.165) is 10.0 Å². The molecule has 6 heteroatoms. The number of nitrogens with zero attached hydrogens (tertiary/aromatic N) is 1. The van der Waals surface area contributed by atoms with Gasteiger partial charge in [0, 0.05) is 16.7 Å². The Balaban J connectivity index is 2.81. The summed E-state index contributed by atoms with van der Waals surface area (Å²) in [4.78, 5) is 24.1. The second-order valence-electron chi connectivity index (χ2n) is 4.16. The standard InChI is InChI=1S/C13H17BrN2O3/c1-3-7-16(8-12(17)18)13(19)15-11-6-4-5-10(14)9(11)2/h4-6H,3,7-8H2,1-2H3,(H,15,19)(H,17,18). The van der Waals surface area contributed by atoms with E-state index in [0.29, 0.717) is 18.7 Å². The molecule has 1 rings (SSSR count). The molecular weight excluding hydrogens is 312 g/mol. The maximum atomic E-state index is 12.0. The highest BCUT2D eigenvalue weighted by molar-refractivity contribution is 9.10. The molecule has 0 fully saturated rings. The summed E-state index contributed by atoms with van der Waals surface area (Å²) in [6, 6.07) is 5.08. The number of carboxylic acid groups (broad SMARTS) is 1. The van der Waals surface area contributed by atoms with E-state index < -0.39 is 12.0 Å². The molecular formula is C13H17BrN2O3. The first-order valence-electron chi connectivity index (χ1n) is 5.98. The fourth-order valence-electron chi connectivity index (χ4n) is 1.62. The molecule has 2 N–H and O–H groups in total. The molecule has 2 amide bonds. The molecule has 0 bridgehead atoms. The van der Waals surface area contributed by atoms with Crippen molar-refractivity contribution in [1.82, 2.24) is 4.90 Å². The molecule has 0 atom stereocenters. The fraction of sp³-hybridized carbons (Fsp3) is 0.385. The van der Waals surface area contributed by atoms with Crippen LogP contribution >= 0.6 is 15.9 Å². The number of carbonyl (C=O) groups excluding carboxylic acids is 1. The lowest BCUT2D eigenvalue weighted by Crippen LogP contribution is -2.39. The predicted molar refractivity (Wildman–Crippen MR) is 77.4 cm³/mol. The Morgan fingerprint density at radius 3 is 2.68 bits per heavy atom. The monoisotopic (exact) mass is 328 g/mol. The number of hydrogen-bond donors (Lipinski definition) is 2. The molecule has 0 saturated heterocycles. The summed E-state index contributed by atoms with van der Waals surface area (Å²) in [6.45, 7) is 3.88. The molecule has 104 valence electrons. The number of rotatable bonds is 5. The van der Waals surface area contributed by atoms with E-state index >= 15 is 0 Å². The van der Waals surface area contributed by atoms with Gasteiger partial charge in [0.2, 0.25) is 0 Å². The van der Waals surface area contributed by atoms with Crippen LogP contribution < -0.4 is 5.32 Å². The van der Waals surface area contributed by atoms with Crippen LogP contribution in [0.4, 0.5) is 10.5 Å². The van der Waals surface area contributed by atoms with Crippen LogP contribution in [0.5, 0.6) is 0 Å². The quantitative estimate of drug-likeness (QED) is 0.872. The number of benzene rings is 1. The van der Waals surface area contributed by atoms with Gasteiger partial charge in [0.1, 0.15) is 6.54 Å². The molecule has 0 aliphatic carbocycles. The molecule has 0 aromatic heterocycles. The van der Waals surface area contributed by atoms with E-state index in [1.807, 2.05) is 26.0 Å². The first-order valence-corrected chi connectivity index (χ1v) is 6.77. The number of aliphatic carboxylic acids is 1. The van der Waals surface area contributed by atoms with Crippen LogP contribution in [0.1, 0.15) is 18.9 Å². The molecule has 0 spiro atoms. The summed E-state index contributed by atoms with van der Waals surface area (Å²) in [5, 5.41) is 11.5. The van der Waals surface area contributed by atoms with Gasteiger partial charge in [0.15, 0.2) is 0 Å². The Bertz CT molecular complexity index is 477. The van der Waals surface area contributed by atoms with Crippen LogP contribution in [0.3, 0.4) is 0 Å². The van der Waals surface area contributed by atoms with Gasteiger partial charge in [-0.15, -0.1) is 0 Å². The number of hydrogen-bond acceptors (Lipinski definition) is 2. The zero-order valence-electron chi connectivity index (χ0n) is 10.9. The second kappa shape index (κ2) is 7.13. The molecule has 0 aliphatic heterocycles. The maximum Gasteiger partial charge on any atom is 0.323 e. The molecule has 0 unspecified atom stereocenters. The Morgan fingerprint density at radius 2 is 2.11 bits per heavy atom. The van der Waals surface area contributed by atoms with E-state index in [4.69, 9.17) is 5.11 Å². The van der Waals surface area contributed by atoms with E-state index in [1.165, 1.54) is 4.90 Å². The van der Waals surface area contributed by atoms with Crippen molar-refractivity contribution in [2.75, 3.05) is 18.4 Å². The number of carboxylic acids is 1. The summed E-state index contributed by atoms with van der Waals surface area (Å²) < 4.78 is 0.894. The largest absolute Gasteiger partial charge is 0.480 e. The molecule has 0 radical (unpaired) electrons. The lowest BCUT2D eigenvalue weighted by molar-refractivity contribution is -0.137. The molecule has 1 aromatic rings. The van der Waals surface area contributed by atoms with Crippen molar-refractivity contribution in [3.8, 4) is 0 Å². The van der Waals surface area contributed by atoms with Crippen molar-refractivity contribution in [3.63, 3.8) is 0 Å². The maximum absolute atomic E-state index is 12.0. The third-order valence-corrected chi connectivity index (χ3v) is 3.48.